The third-order valence-corrected chi connectivity index (χ3v) is 7.25. The number of rotatable bonds is 4. The smallest absolute Gasteiger partial charge is 0.216 e. The van der Waals surface area contributed by atoms with Gasteiger partial charge in [-0.2, -0.15) is 0 Å². The molecule has 2 nitrogen and oxygen atoms in total. The molecule has 0 fully saturated rings. The summed E-state index contributed by atoms with van der Waals surface area (Å²) in [6, 6.07) is 25.8. The van der Waals surface area contributed by atoms with Crippen LogP contribution in [0.4, 0.5) is 4.39 Å². The quantitative estimate of drug-likeness (QED) is 0.218. The van der Waals surface area contributed by atoms with E-state index >= 15 is 4.39 Å². The van der Waals surface area contributed by atoms with Crippen molar-refractivity contribution >= 4 is 21.9 Å². The summed E-state index contributed by atoms with van der Waals surface area (Å²) in [4.78, 5) is 0. The van der Waals surface area contributed by atoms with E-state index in [1.54, 1.807) is 23.7 Å². The maximum Gasteiger partial charge on any atom is 0.216 e. The first-order chi connectivity index (χ1) is 20.3. The number of fused-ring (bicyclic) bond motifs is 3. The summed E-state index contributed by atoms with van der Waals surface area (Å²) >= 11 is 0. The Morgan fingerprint density at radius 3 is 2.05 bits per heavy atom. The van der Waals surface area contributed by atoms with Crippen molar-refractivity contribution in [3.63, 3.8) is 0 Å². The third kappa shape index (κ3) is 3.99. The number of hydrogen-bond acceptors (Lipinski definition) is 1. The SMILES string of the molecule is [2H]c1c(C([2H])([2H])[2H])ccc(-c2c(C)ccc3c2oc2c(-c4ccc(-c5ccc(C([2H])(C)C)cc5)cc4)c(F)ccc23)[n+]1C. The van der Waals surface area contributed by atoms with Crippen LogP contribution in [0.2, 0.25) is 0 Å². The van der Waals surface area contributed by atoms with Crippen LogP contribution in [0.1, 0.15) is 43.3 Å². The lowest BCUT2D eigenvalue weighted by Crippen LogP contribution is -2.31. The number of aryl methyl sites for hydroxylation is 2. The molecule has 6 aromatic rings. The average molecular weight is 506 g/mol. The van der Waals surface area contributed by atoms with Gasteiger partial charge in [0.25, 0.3) is 0 Å². The summed E-state index contributed by atoms with van der Waals surface area (Å²) in [5, 5.41) is 1.57. The Balaban J connectivity index is 1.49. The van der Waals surface area contributed by atoms with Crippen LogP contribution >= 0.6 is 0 Å². The Morgan fingerprint density at radius 1 is 0.789 bits per heavy atom. The second kappa shape index (κ2) is 9.25. The highest BCUT2D eigenvalue weighted by molar-refractivity contribution is 6.13. The fourth-order valence-electron chi connectivity index (χ4n) is 5.19. The van der Waals surface area contributed by atoms with Crippen LogP contribution in [-0.2, 0) is 7.05 Å². The number of benzene rings is 4. The van der Waals surface area contributed by atoms with Crippen molar-refractivity contribution < 1.29 is 20.2 Å². The Labute approximate surface area is 230 Å². The summed E-state index contributed by atoms with van der Waals surface area (Å²) in [5.74, 6) is -1.08. The van der Waals surface area contributed by atoms with Crippen LogP contribution in [0.3, 0.4) is 0 Å². The normalized spacial score (nSPS) is 14.2. The molecule has 0 saturated heterocycles. The van der Waals surface area contributed by atoms with E-state index < -0.39 is 18.6 Å². The Morgan fingerprint density at radius 2 is 1.39 bits per heavy atom. The second-order valence-electron chi connectivity index (χ2n) is 9.99. The number of furan rings is 1. The van der Waals surface area contributed by atoms with Crippen LogP contribution in [0.25, 0.3) is 55.4 Å². The number of aromatic nitrogens is 1. The lowest BCUT2D eigenvalue weighted by Gasteiger charge is -2.09. The van der Waals surface area contributed by atoms with E-state index in [0.29, 0.717) is 28.0 Å². The molecule has 0 radical (unpaired) electrons. The second-order valence-corrected chi connectivity index (χ2v) is 9.99. The molecule has 0 aliphatic heterocycles. The highest BCUT2D eigenvalue weighted by atomic mass is 19.1. The summed E-state index contributed by atoms with van der Waals surface area (Å²) in [6.07, 6.45) is -0.102. The first kappa shape index (κ1) is 18.9. The largest absolute Gasteiger partial charge is 0.454 e. The summed E-state index contributed by atoms with van der Waals surface area (Å²) < 4.78 is 63.7. The maximum atomic E-state index is 15.5. The molecular weight excluding hydrogens is 469 g/mol. The van der Waals surface area contributed by atoms with E-state index in [9.17, 15) is 0 Å². The van der Waals surface area contributed by atoms with Gasteiger partial charge in [-0.1, -0.05) is 74.5 Å². The average Bonchev–Trinajstić information content (AvgIpc) is 3.32. The lowest BCUT2D eigenvalue weighted by atomic mass is 9.96. The zero-order valence-corrected chi connectivity index (χ0v) is 21.8. The van der Waals surface area contributed by atoms with Gasteiger partial charge in [-0.3, -0.25) is 0 Å². The van der Waals surface area contributed by atoms with E-state index in [4.69, 9.17) is 11.3 Å². The van der Waals surface area contributed by atoms with Crippen LogP contribution in [0.5, 0.6) is 0 Å². The first-order valence-corrected chi connectivity index (χ1v) is 12.6. The van der Waals surface area contributed by atoms with Crippen molar-refractivity contribution in [3.8, 4) is 33.5 Å². The van der Waals surface area contributed by atoms with Crippen molar-refractivity contribution in [1.82, 2.24) is 0 Å². The highest BCUT2D eigenvalue weighted by Crippen LogP contribution is 2.41. The minimum absolute atomic E-state index is 0.0304. The Bertz CT molecular complexity index is 2020. The summed E-state index contributed by atoms with van der Waals surface area (Å²) in [6.45, 7) is 3.24. The summed E-state index contributed by atoms with van der Waals surface area (Å²) in [5.41, 5.74) is 7.13. The molecule has 188 valence electrons. The van der Waals surface area contributed by atoms with Crippen molar-refractivity contribution in [2.24, 2.45) is 7.05 Å². The van der Waals surface area contributed by atoms with E-state index in [-0.39, 0.29) is 11.7 Å². The predicted molar refractivity (Wildman–Crippen MR) is 155 cm³/mol. The zero-order valence-electron chi connectivity index (χ0n) is 26.8. The maximum absolute atomic E-state index is 15.5. The van der Waals surface area contributed by atoms with Crippen molar-refractivity contribution in [1.29, 1.82) is 0 Å². The van der Waals surface area contributed by atoms with Gasteiger partial charge in [0.15, 0.2) is 6.17 Å². The number of pyridine rings is 1. The summed E-state index contributed by atoms with van der Waals surface area (Å²) in [7, 11) is 1.67. The molecule has 0 amide bonds. The van der Waals surface area contributed by atoms with Crippen molar-refractivity contribution in [3.05, 3.63) is 114 Å². The van der Waals surface area contributed by atoms with Gasteiger partial charge in [-0.15, -0.1) is 0 Å². The minimum Gasteiger partial charge on any atom is -0.454 e. The first-order valence-electron chi connectivity index (χ1n) is 15.1. The molecule has 4 aromatic carbocycles. The van der Waals surface area contributed by atoms with E-state index in [0.717, 1.165) is 38.6 Å². The third-order valence-electron chi connectivity index (χ3n) is 7.25. The Hall–Kier alpha value is -4.24. The van der Waals surface area contributed by atoms with Crippen LogP contribution in [0.15, 0.2) is 95.5 Å². The van der Waals surface area contributed by atoms with Crippen molar-refractivity contribution in [2.45, 2.75) is 33.5 Å². The minimum atomic E-state index is -2.40. The monoisotopic (exact) mass is 505 g/mol. The molecule has 0 aliphatic carbocycles. The molecule has 0 N–H and O–H groups in total. The van der Waals surface area contributed by atoms with Crippen LogP contribution in [-0.4, -0.2) is 0 Å². The van der Waals surface area contributed by atoms with Gasteiger partial charge in [-0.25, -0.2) is 8.96 Å². The van der Waals surface area contributed by atoms with Crippen LogP contribution < -0.4 is 4.57 Å². The molecule has 0 unspecified atom stereocenters. The van der Waals surface area contributed by atoms with Crippen LogP contribution in [0, 0.1) is 19.6 Å². The Kier molecular flexibility index (Phi) is 4.61. The molecule has 2 aromatic heterocycles. The van der Waals surface area contributed by atoms with Gasteiger partial charge in [0.05, 0.1) is 11.1 Å². The molecule has 0 spiro atoms. The van der Waals surface area contributed by atoms with Gasteiger partial charge in [0, 0.05) is 27.9 Å². The fourth-order valence-corrected chi connectivity index (χ4v) is 5.19. The molecular formula is C35H31FNO+. The topological polar surface area (TPSA) is 17.0 Å². The molecule has 0 saturated carbocycles. The van der Waals surface area contributed by atoms with Gasteiger partial charge < -0.3 is 4.42 Å². The molecule has 0 bridgehead atoms. The van der Waals surface area contributed by atoms with Gasteiger partial charge in [0.1, 0.15) is 25.4 Å². The number of hydrogen-bond donors (Lipinski definition) is 0. The van der Waals surface area contributed by atoms with E-state index in [1.165, 1.54) is 12.1 Å². The molecule has 38 heavy (non-hydrogen) atoms. The number of nitrogens with zero attached hydrogens (tertiary/aromatic N) is 1. The van der Waals surface area contributed by atoms with Gasteiger partial charge in [-0.05, 0) is 65.7 Å². The van der Waals surface area contributed by atoms with Gasteiger partial charge >= 0.3 is 0 Å². The van der Waals surface area contributed by atoms with Gasteiger partial charge in [0.2, 0.25) is 5.69 Å². The highest BCUT2D eigenvalue weighted by Gasteiger charge is 2.23. The van der Waals surface area contributed by atoms with E-state index in [2.05, 4.69) is 0 Å². The zero-order chi connectivity index (χ0) is 30.8. The fraction of sp³-hybridized carbons (Fsp3) is 0.171. The standard InChI is InChI=1S/C35H31FNO/c1-21(2)24-8-10-25(11-9-24)26-12-14-27(15-13-26)33-30(36)18-17-29-28-16-7-23(4)32(34(28)38-35(29)33)31-19-6-22(3)20-37(31)5/h6-21H,1-5H3/q+1/i3D3,20D,21D. The van der Waals surface area contributed by atoms with E-state index in [1.807, 2.05) is 81.4 Å². The molecule has 0 aliphatic rings. The molecule has 6 rings (SSSR count). The molecule has 2 heterocycles. The van der Waals surface area contributed by atoms with Crippen molar-refractivity contribution in [2.75, 3.05) is 0 Å². The lowest BCUT2D eigenvalue weighted by molar-refractivity contribution is -0.660. The number of halogens is 1. The molecule has 3 heteroatoms. The molecule has 0 atom stereocenters. The predicted octanol–water partition coefficient (Wildman–Crippen LogP) is 9.29.